The highest BCUT2D eigenvalue weighted by atomic mass is 16.1. The SMILES string of the molecule is N#Cc1ccccc1CCN=C=O. The Morgan fingerprint density at radius 3 is 2.85 bits per heavy atom. The van der Waals surface area contributed by atoms with Crippen LogP contribution in [0, 0.1) is 11.3 Å². The number of benzene rings is 1. The Morgan fingerprint density at radius 1 is 1.38 bits per heavy atom. The molecule has 3 heteroatoms. The molecule has 0 bridgehead atoms. The summed E-state index contributed by atoms with van der Waals surface area (Å²) in [6.07, 6.45) is 2.08. The molecule has 0 aliphatic heterocycles. The second-order valence-corrected chi connectivity index (χ2v) is 2.49. The van der Waals surface area contributed by atoms with Crippen LogP contribution in [0.3, 0.4) is 0 Å². The molecule has 1 rings (SSSR count). The molecule has 3 nitrogen and oxygen atoms in total. The van der Waals surface area contributed by atoms with E-state index >= 15 is 0 Å². The van der Waals surface area contributed by atoms with Gasteiger partial charge in [-0.25, -0.2) is 9.79 Å². The van der Waals surface area contributed by atoms with Crippen molar-refractivity contribution in [1.82, 2.24) is 0 Å². The number of nitriles is 1. The van der Waals surface area contributed by atoms with E-state index in [1.165, 1.54) is 6.08 Å². The van der Waals surface area contributed by atoms with E-state index in [1.54, 1.807) is 6.07 Å². The fourth-order valence-corrected chi connectivity index (χ4v) is 1.07. The van der Waals surface area contributed by atoms with Gasteiger partial charge in [-0.2, -0.15) is 5.26 Å². The second-order valence-electron chi connectivity index (χ2n) is 2.49. The maximum Gasteiger partial charge on any atom is 0.234 e. The Labute approximate surface area is 76.3 Å². The van der Waals surface area contributed by atoms with Gasteiger partial charge in [0.05, 0.1) is 18.2 Å². The first kappa shape index (κ1) is 9.18. The number of nitrogens with zero attached hydrogens (tertiary/aromatic N) is 2. The zero-order valence-corrected chi connectivity index (χ0v) is 7.03. The van der Waals surface area contributed by atoms with Crippen LogP contribution in [0.5, 0.6) is 0 Å². The van der Waals surface area contributed by atoms with Gasteiger partial charge in [-0.3, -0.25) is 0 Å². The molecule has 0 spiro atoms. The van der Waals surface area contributed by atoms with E-state index in [2.05, 4.69) is 11.1 Å². The highest BCUT2D eigenvalue weighted by Crippen LogP contribution is 2.07. The largest absolute Gasteiger partial charge is 0.234 e. The van der Waals surface area contributed by atoms with Crippen molar-refractivity contribution in [2.24, 2.45) is 4.99 Å². The third-order valence-corrected chi connectivity index (χ3v) is 1.70. The van der Waals surface area contributed by atoms with Crippen molar-refractivity contribution in [2.45, 2.75) is 6.42 Å². The summed E-state index contributed by atoms with van der Waals surface area (Å²) in [5, 5.41) is 8.72. The average Bonchev–Trinajstić information content (AvgIpc) is 2.19. The number of hydrogen-bond acceptors (Lipinski definition) is 3. The molecule has 0 aromatic heterocycles. The minimum Gasteiger partial charge on any atom is -0.211 e. The normalized spacial score (nSPS) is 8.54. The number of aliphatic imine (C=N–C) groups is 1. The molecule has 0 saturated heterocycles. The summed E-state index contributed by atoms with van der Waals surface area (Å²) >= 11 is 0. The third kappa shape index (κ3) is 2.55. The van der Waals surface area contributed by atoms with E-state index in [4.69, 9.17) is 5.26 Å². The van der Waals surface area contributed by atoms with Crippen molar-refractivity contribution in [1.29, 1.82) is 5.26 Å². The molecule has 0 amide bonds. The third-order valence-electron chi connectivity index (χ3n) is 1.70. The number of rotatable bonds is 3. The first-order chi connectivity index (χ1) is 6.38. The first-order valence-corrected chi connectivity index (χ1v) is 3.90. The highest BCUT2D eigenvalue weighted by molar-refractivity contribution is 5.38. The zero-order valence-electron chi connectivity index (χ0n) is 7.03. The summed E-state index contributed by atoms with van der Waals surface area (Å²) in [4.78, 5) is 13.2. The predicted octanol–water partition coefficient (Wildman–Crippen LogP) is 1.44. The van der Waals surface area contributed by atoms with Gasteiger partial charge in [0, 0.05) is 0 Å². The van der Waals surface area contributed by atoms with Crippen LogP contribution in [0.15, 0.2) is 29.3 Å². The maximum absolute atomic E-state index is 9.79. The summed E-state index contributed by atoms with van der Waals surface area (Å²) in [5.74, 6) is 0. The summed E-state index contributed by atoms with van der Waals surface area (Å²) in [6.45, 7) is 0.391. The van der Waals surface area contributed by atoms with Crippen LogP contribution in [0.2, 0.25) is 0 Å². The van der Waals surface area contributed by atoms with Crippen LogP contribution < -0.4 is 0 Å². The van der Waals surface area contributed by atoms with Gasteiger partial charge in [0.2, 0.25) is 6.08 Å². The van der Waals surface area contributed by atoms with E-state index in [9.17, 15) is 4.79 Å². The monoisotopic (exact) mass is 172 g/mol. The minimum absolute atomic E-state index is 0.391. The van der Waals surface area contributed by atoms with Gasteiger partial charge in [0.25, 0.3) is 0 Å². The van der Waals surface area contributed by atoms with Gasteiger partial charge in [0.1, 0.15) is 0 Å². The van der Waals surface area contributed by atoms with Gasteiger partial charge in [0.15, 0.2) is 0 Å². The zero-order chi connectivity index (χ0) is 9.52. The topological polar surface area (TPSA) is 53.2 Å². The fourth-order valence-electron chi connectivity index (χ4n) is 1.07. The predicted molar refractivity (Wildman–Crippen MR) is 47.8 cm³/mol. The quantitative estimate of drug-likeness (QED) is 0.511. The van der Waals surface area contributed by atoms with Crippen molar-refractivity contribution in [3.05, 3.63) is 35.4 Å². The van der Waals surface area contributed by atoms with Gasteiger partial charge in [-0.15, -0.1) is 0 Å². The molecule has 0 radical (unpaired) electrons. The molecule has 1 aromatic carbocycles. The van der Waals surface area contributed by atoms with Crippen LogP contribution in [0.4, 0.5) is 0 Å². The molecule has 0 unspecified atom stereocenters. The number of carbonyl (C=O) groups excluding carboxylic acids is 1. The van der Waals surface area contributed by atoms with Crippen molar-refractivity contribution < 1.29 is 4.79 Å². The average molecular weight is 172 g/mol. The van der Waals surface area contributed by atoms with Crippen molar-refractivity contribution in [2.75, 3.05) is 6.54 Å². The van der Waals surface area contributed by atoms with Gasteiger partial charge < -0.3 is 0 Å². The fraction of sp³-hybridized carbons (Fsp3) is 0.200. The Hall–Kier alpha value is -1.91. The summed E-state index contributed by atoms with van der Waals surface area (Å²) in [5.41, 5.74) is 1.56. The highest BCUT2D eigenvalue weighted by Gasteiger charge is 1.98. The van der Waals surface area contributed by atoms with Crippen molar-refractivity contribution in [3.8, 4) is 6.07 Å². The lowest BCUT2D eigenvalue weighted by Gasteiger charge is -1.98. The lowest BCUT2D eigenvalue weighted by Crippen LogP contribution is -1.92. The summed E-state index contributed by atoms with van der Waals surface area (Å²) in [6, 6.07) is 9.36. The second kappa shape index (κ2) is 4.87. The number of hydrogen-bond donors (Lipinski definition) is 0. The molecule has 0 saturated carbocycles. The van der Waals surface area contributed by atoms with E-state index < -0.39 is 0 Å². The Kier molecular flexibility index (Phi) is 3.44. The summed E-state index contributed by atoms with van der Waals surface area (Å²) in [7, 11) is 0. The van der Waals surface area contributed by atoms with Crippen LogP contribution in [-0.2, 0) is 11.2 Å². The van der Waals surface area contributed by atoms with Crippen molar-refractivity contribution >= 4 is 6.08 Å². The molecule has 0 atom stereocenters. The molecule has 0 fully saturated rings. The molecule has 1 aromatic rings. The van der Waals surface area contributed by atoms with Crippen LogP contribution in [0.1, 0.15) is 11.1 Å². The Bertz CT molecular complexity index is 373. The van der Waals surface area contributed by atoms with Gasteiger partial charge >= 0.3 is 0 Å². The van der Waals surface area contributed by atoms with E-state index in [1.807, 2.05) is 18.2 Å². The smallest absolute Gasteiger partial charge is 0.211 e. The van der Waals surface area contributed by atoms with Crippen LogP contribution in [0.25, 0.3) is 0 Å². The van der Waals surface area contributed by atoms with Gasteiger partial charge in [-0.1, -0.05) is 18.2 Å². The minimum atomic E-state index is 0.391. The van der Waals surface area contributed by atoms with Crippen molar-refractivity contribution in [3.63, 3.8) is 0 Å². The van der Waals surface area contributed by atoms with Crippen LogP contribution in [-0.4, -0.2) is 12.6 Å². The molecule has 0 N–H and O–H groups in total. The van der Waals surface area contributed by atoms with E-state index in [0.29, 0.717) is 18.5 Å². The number of isocyanates is 1. The molecule has 0 heterocycles. The van der Waals surface area contributed by atoms with E-state index in [0.717, 1.165) is 5.56 Å². The molecule has 64 valence electrons. The standard InChI is InChI=1S/C10H8N2O/c11-7-10-4-2-1-3-9(10)5-6-12-8-13/h1-4H,5-6H2. The van der Waals surface area contributed by atoms with Gasteiger partial charge in [-0.05, 0) is 18.1 Å². The summed E-state index contributed by atoms with van der Waals surface area (Å²) < 4.78 is 0. The van der Waals surface area contributed by atoms with E-state index in [-0.39, 0.29) is 0 Å². The molecule has 0 aliphatic rings. The van der Waals surface area contributed by atoms with Crippen LogP contribution >= 0.6 is 0 Å². The lowest BCUT2D eigenvalue weighted by atomic mass is 10.1. The molecule has 13 heavy (non-hydrogen) atoms. The molecular formula is C10H8N2O. The Balaban J connectivity index is 2.76. The first-order valence-electron chi connectivity index (χ1n) is 3.90. The maximum atomic E-state index is 9.79. The molecule has 0 aliphatic carbocycles. The Morgan fingerprint density at radius 2 is 2.15 bits per heavy atom. The lowest BCUT2D eigenvalue weighted by molar-refractivity contribution is 0.563. The molecular weight excluding hydrogens is 164 g/mol.